The maximum Gasteiger partial charge on any atom is 0.349 e. The van der Waals surface area contributed by atoms with E-state index < -0.39 is 27.1 Å². The van der Waals surface area contributed by atoms with Gasteiger partial charge in [0.1, 0.15) is 12.0 Å². The summed E-state index contributed by atoms with van der Waals surface area (Å²) in [5.41, 5.74) is 3.98. The van der Waals surface area contributed by atoms with E-state index >= 15 is 4.39 Å². The van der Waals surface area contributed by atoms with Gasteiger partial charge in [0.15, 0.2) is 0 Å². The van der Waals surface area contributed by atoms with E-state index in [4.69, 9.17) is 0 Å². The fraction of sp³-hybridized carbons (Fsp3) is 0.241. The van der Waals surface area contributed by atoms with Crippen molar-refractivity contribution in [2.45, 2.75) is 51.9 Å². The van der Waals surface area contributed by atoms with Crippen molar-refractivity contribution in [1.29, 1.82) is 0 Å². The van der Waals surface area contributed by atoms with E-state index in [1.54, 1.807) is 24.3 Å². The zero-order valence-corrected chi connectivity index (χ0v) is 23.5. The molecule has 5 aromatic rings. The molecule has 2 aromatic carbocycles. The lowest BCUT2D eigenvalue weighted by atomic mass is 9.97. The first-order valence-electron chi connectivity index (χ1n) is 12.7. The minimum atomic E-state index is -3.98. The highest BCUT2D eigenvalue weighted by molar-refractivity contribution is 7.90. The van der Waals surface area contributed by atoms with Crippen LogP contribution >= 0.6 is 0 Å². The van der Waals surface area contributed by atoms with Crippen molar-refractivity contribution in [1.82, 2.24) is 23.7 Å². The molecule has 0 atom stereocenters. The number of pyridine rings is 1. The first-order valence-corrected chi connectivity index (χ1v) is 14.1. The van der Waals surface area contributed by atoms with Crippen molar-refractivity contribution < 1.29 is 12.8 Å². The van der Waals surface area contributed by atoms with Crippen molar-refractivity contribution in [3.05, 3.63) is 115 Å². The second-order valence-corrected chi connectivity index (χ2v) is 12.0. The predicted molar refractivity (Wildman–Crippen MR) is 150 cm³/mol. The summed E-state index contributed by atoms with van der Waals surface area (Å²) in [6, 6.07) is 11.2. The second kappa shape index (κ2) is 9.98. The molecule has 0 spiro atoms. The number of H-pyrrole nitrogens is 1. The third-order valence-corrected chi connectivity index (χ3v) is 8.67. The predicted octanol–water partition coefficient (Wildman–Crippen LogP) is 4.29. The van der Waals surface area contributed by atoms with Crippen LogP contribution in [0.3, 0.4) is 0 Å². The molecular weight excluding hydrogens is 533 g/mol. The third-order valence-electron chi connectivity index (χ3n) is 6.98. The van der Waals surface area contributed by atoms with E-state index in [2.05, 4.69) is 15.1 Å². The average molecular weight is 562 g/mol. The number of aromatic amines is 1. The lowest BCUT2D eigenvalue weighted by molar-refractivity contribution is 0.588. The molecular formula is C29H28FN5O4S. The van der Waals surface area contributed by atoms with Gasteiger partial charge in [-0.1, -0.05) is 31.5 Å². The summed E-state index contributed by atoms with van der Waals surface area (Å²) in [6.07, 6.45) is 2.70. The van der Waals surface area contributed by atoms with Gasteiger partial charge in [-0.25, -0.2) is 26.6 Å². The molecule has 0 saturated heterocycles. The third kappa shape index (κ3) is 4.77. The van der Waals surface area contributed by atoms with Gasteiger partial charge in [0.2, 0.25) is 0 Å². The zero-order chi connectivity index (χ0) is 28.9. The molecule has 0 unspecified atom stereocenters. The minimum absolute atomic E-state index is 0.0614. The van der Waals surface area contributed by atoms with Crippen LogP contribution in [0.15, 0.2) is 69.3 Å². The Balaban J connectivity index is 1.60. The zero-order valence-electron chi connectivity index (χ0n) is 22.7. The van der Waals surface area contributed by atoms with E-state index in [1.165, 1.54) is 24.4 Å². The Kier molecular flexibility index (Phi) is 6.79. The molecule has 3 aromatic heterocycles. The molecule has 5 rings (SSSR count). The van der Waals surface area contributed by atoms with E-state index in [9.17, 15) is 18.0 Å². The van der Waals surface area contributed by atoms with Gasteiger partial charge in [-0.2, -0.15) is 9.78 Å². The normalized spacial score (nSPS) is 12.0. The maximum absolute atomic E-state index is 15.6. The number of rotatable bonds is 6. The molecule has 1 N–H and O–H groups in total. The van der Waals surface area contributed by atoms with Crippen LogP contribution in [0.4, 0.5) is 4.39 Å². The number of hydrogen-bond acceptors (Lipinski definition) is 6. The Labute approximate surface area is 230 Å². The van der Waals surface area contributed by atoms with Gasteiger partial charge in [0, 0.05) is 18.7 Å². The number of aryl methyl sites for hydroxylation is 3. The highest BCUT2D eigenvalue weighted by Gasteiger charge is 2.25. The number of halogens is 1. The Hall–Kier alpha value is -4.38. The first-order chi connectivity index (χ1) is 18.9. The summed E-state index contributed by atoms with van der Waals surface area (Å²) in [7, 11) is -3.98. The van der Waals surface area contributed by atoms with Gasteiger partial charge in [0.05, 0.1) is 27.3 Å². The molecule has 0 amide bonds. The first kappa shape index (κ1) is 27.2. The second-order valence-electron chi connectivity index (χ2n) is 10.2. The Morgan fingerprint density at radius 1 is 1.00 bits per heavy atom. The van der Waals surface area contributed by atoms with Gasteiger partial charge < -0.3 is 0 Å². The molecule has 206 valence electrons. The van der Waals surface area contributed by atoms with Crippen LogP contribution in [-0.4, -0.2) is 32.1 Å². The number of nitrogens with zero attached hydrogens (tertiary/aromatic N) is 4. The van der Waals surface area contributed by atoms with E-state index in [-0.39, 0.29) is 28.4 Å². The Morgan fingerprint density at radius 2 is 1.65 bits per heavy atom. The highest BCUT2D eigenvalue weighted by atomic mass is 32.2. The van der Waals surface area contributed by atoms with Crippen molar-refractivity contribution >= 4 is 21.1 Å². The average Bonchev–Trinajstić information content (AvgIpc) is 3.25. The maximum atomic E-state index is 15.6. The molecule has 0 bridgehead atoms. The molecule has 0 aliphatic carbocycles. The summed E-state index contributed by atoms with van der Waals surface area (Å²) in [5, 5.41) is 3.90. The summed E-state index contributed by atoms with van der Waals surface area (Å²) >= 11 is 0. The van der Waals surface area contributed by atoms with Gasteiger partial charge in [-0.05, 0) is 73.2 Å². The number of nitrogens with one attached hydrogen (secondary N) is 1. The van der Waals surface area contributed by atoms with Gasteiger partial charge in [-0.15, -0.1) is 0 Å². The van der Waals surface area contributed by atoms with Crippen molar-refractivity contribution in [2.75, 3.05) is 0 Å². The van der Waals surface area contributed by atoms with Crippen LogP contribution in [0, 0.1) is 26.6 Å². The number of benzene rings is 2. The summed E-state index contributed by atoms with van der Waals surface area (Å²) in [5.74, 6) is -0.684. The Bertz CT molecular complexity index is 1980. The lowest BCUT2D eigenvalue weighted by Crippen LogP contribution is -2.30. The molecule has 0 saturated carbocycles. The Morgan fingerprint density at radius 3 is 2.25 bits per heavy atom. The molecule has 0 fully saturated rings. The smallest absolute Gasteiger partial charge is 0.271 e. The van der Waals surface area contributed by atoms with E-state index in [0.717, 1.165) is 37.1 Å². The van der Waals surface area contributed by atoms with Crippen molar-refractivity contribution in [3.8, 4) is 5.69 Å². The fourth-order valence-electron chi connectivity index (χ4n) is 4.80. The molecule has 11 heteroatoms. The number of hydrogen-bond donors (Lipinski definition) is 1. The van der Waals surface area contributed by atoms with E-state index in [1.807, 2.05) is 34.6 Å². The largest absolute Gasteiger partial charge is 0.349 e. The molecule has 3 heterocycles. The number of fused-ring (bicyclic) bond motifs is 1. The SMILES string of the molecule is Cc1ccc(S(=O)(=O)n2cc(C(C)C)c3nc(Cc4c(C)cc(-n5ncc(=O)[nH]c5=O)cc4C)c(F)cc32)cc1. The highest BCUT2D eigenvalue weighted by Crippen LogP contribution is 2.32. The summed E-state index contributed by atoms with van der Waals surface area (Å²) in [4.78, 5) is 30.5. The van der Waals surface area contributed by atoms with Crippen LogP contribution < -0.4 is 11.2 Å². The van der Waals surface area contributed by atoms with Gasteiger partial charge in [0.25, 0.3) is 15.6 Å². The van der Waals surface area contributed by atoms with E-state index in [0.29, 0.717) is 16.8 Å². The molecule has 40 heavy (non-hydrogen) atoms. The molecule has 9 nitrogen and oxygen atoms in total. The van der Waals surface area contributed by atoms with Crippen LogP contribution in [-0.2, 0) is 16.4 Å². The molecule has 0 aliphatic heterocycles. The topological polar surface area (TPSA) is 120 Å². The van der Waals surface area contributed by atoms with Crippen molar-refractivity contribution in [3.63, 3.8) is 0 Å². The monoisotopic (exact) mass is 561 g/mol. The fourth-order valence-corrected chi connectivity index (χ4v) is 6.16. The van der Waals surface area contributed by atoms with Crippen LogP contribution in [0.2, 0.25) is 0 Å². The lowest BCUT2D eigenvalue weighted by Gasteiger charge is -2.14. The quantitative estimate of drug-likeness (QED) is 0.330. The van der Waals surface area contributed by atoms with Crippen LogP contribution in [0.25, 0.3) is 16.7 Å². The molecule has 0 radical (unpaired) electrons. The molecule has 0 aliphatic rings. The number of aromatic nitrogens is 5. The minimum Gasteiger partial charge on any atom is -0.271 e. The van der Waals surface area contributed by atoms with Crippen molar-refractivity contribution in [2.24, 2.45) is 0 Å². The standard InChI is InChI=1S/C29H28FN5O4S/c1-16(2)23-15-34(40(38,39)21-8-6-17(3)7-9-21)26-13-24(30)25(32-28(23)26)12-22-18(4)10-20(11-19(22)5)35-29(37)33-27(36)14-31-35/h6-11,13-16H,12H2,1-5H3,(H,33,36,37). The summed E-state index contributed by atoms with van der Waals surface area (Å²) in [6.45, 7) is 9.41. The summed E-state index contributed by atoms with van der Waals surface area (Å²) < 4.78 is 44.8. The van der Waals surface area contributed by atoms with Crippen LogP contribution in [0.1, 0.15) is 53.3 Å². The van der Waals surface area contributed by atoms with Crippen LogP contribution in [0.5, 0.6) is 0 Å². The van der Waals surface area contributed by atoms with Gasteiger partial charge >= 0.3 is 5.69 Å². The van der Waals surface area contributed by atoms with Gasteiger partial charge in [-0.3, -0.25) is 9.78 Å².